The molecule has 2 heterocycles. The van der Waals surface area contributed by atoms with Gasteiger partial charge in [-0.1, -0.05) is 38.7 Å². The van der Waals surface area contributed by atoms with E-state index in [1.165, 1.54) is 37.0 Å². The third-order valence-corrected chi connectivity index (χ3v) is 5.60. The number of nitrogens with zero attached hydrogens (tertiary/aromatic N) is 1. The molecule has 2 aromatic heterocycles. The molecular formula is C23H25N3O3S. The number of nitrogens with one attached hydrogen (secondary N) is 2. The number of rotatable bonds is 10. The fourth-order valence-corrected chi connectivity index (χ4v) is 3.96. The molecule has 0 spiro atoms. The Bertz CT molecular complexity index is 1140. The predicted octanol–water partition coefficient (Wildman–Crippen LogP) is 6.34. The number of anilines is 2. The van der Waals surface area contributed by atoms with Gasteiger partial charge in [-0.3, -0.25) is 4.98 Å². The zero-order chi connectivity index (χ0) is 20.8. The van der Waals surface area contributed by atoms with Crippen molar-refractivity contribution in [3.8, 4) is 17.0 Å². The van der Waals surface area contributed by atoms with Gasteiger partial charge in [0.1, 0.15) is 5.75 Å². The summed E-state index contributed by atoms with van der Waals surface area (Å²) >= 11 is 1.52. The molecule has 6 nitrogen and oxygen atoms in total. The van der Waals surface area contributed by atoms with Crippen LogP contribution in [0.5, 0.6) is 5.75 Å². The molecule has 0 atom stereocenters. The van der Waals surface area contributed by atoms with Crippen LogP contribution in [0.2, 0.25) is 0 Å². The highest BCUT2D eigenvalue weighted by atomic mass is 32.1. The third-order valence-electron chi connectivity index (χ3n) is 4.84. The molecule has 0 fully saturated rings. The summed E-state index contributed by atoms with van der Waals surface area (Å²) in [5, 5.41) is 6.10. The highest BCUT2D eigenvalue weighted by molar-refractivity contribution is 7.14. The number of oxazole rings is 1. The van der Waals surface area contributed by atoms with Gasteiger partial charge in [0.15, 0.2) is 10.7 Å². The van der Waals surface area contributed by atoms with E-state index in [2.05, 4.69) is 22.2 Å². The van der Waals surface area contributed by atoms with Crippen LogP contribution in [0.25, 0.3) is 22.4 Å². The highest BCUT2D eigenvalue weighted by Gasteiger charge is 2.08. The second kappa shape index (κ2) is 9.63. The first-order chi connectivity index (χ1) is 14.7. The summed E-state index contributed by atoms with van der Waals surface area (Å²) in [6.45, 7) is 2.99. The lowest BCUT2D eigenvalue weighted by molar-refractivity contribution is 0.304. The molecule has 0 aliphatic carbocycles. The van der Waals surface area contributed by atoms with E-state index < -0.39 is 5.76 Å². The number of benzene rings is 2. The van der Waals surface area contributed by atoms with Gasteiger partial charge in [-0.25, -0.2) is 9.78 Å². The second-order valence-electron chi connectivity index (χ2n) is 7.18. The Morgan fingerprint density at radius 2 is 1.93 bits per heavy atom. The van der Waals surface area contributed by atoms with Gasteiger partial charge in [-0.15, -0.1) is 11.3 Å². The Morgan fingerprint density at radius 3 is 2.77 bits per heavy atom. The molecule has 2 aromatic carbocycles. The van der Waals surface area contributed by atoms with Gasteiger partial charge in [0.05, 0.1) is 17.8 Å². The molecule has 0 aliphatic heterocycles. The largest absolute Gasteiger partial charge is 0.494 e. The number of thiazole rings is 1. The second-order valence-corrected chi connectivity index (χ2v) is 8.03. The Morgan fingerprint density at radius 1 is 1.10 bits per heavy atom. The highest BCUT2D eigenvalue weighted by Crippen LogP contribution is 2.29. The van der Waals surface area contributed by atoms with E-state index in [-0.39, 0.29) is 0 Å². The number of ether oxygens (including phenoxy) is 1. The van der Waals surface area contributed by atoms with Crippen LogP contribution in [0, 0.1) is 0 Å². The molecule has 156 valence electrons. The van der Waals surface area contributed by atoms with Gasteiger partial charge in [-0.05, 0) is 42.8 Å². The summed E-state index contributed by atoms with van der Waals surface area (Å²) in [6.07, 6.45) is 6.17. The molecule has 0 saturated carbocycles. The van der Waals surface area contributed by atoms with E-state index >= 15 is 0 Å². The molecule has 7 heteroatoms. The standard InChI is InChI=1S/C23H25N3O3S/c1-2-3-4-5-6-13-28-18-10-8-17(9-11-18)24-22-25-20(15-30-22)16-7-12-19-21(14-16)29-23(27)26-19/h7-12,14-15H,2-6,13H2,1H3,(H,24,25)(H,26,27). The third kappa shape index (κ3) is 5.10. The SMILES string of the molecule is CCCCCCCOc1ccc(Nc2nc(-c3ccc4[nH]c(=O)oc4c3)cs2)cc1. The molecule has 0 radical (unpaired) electrons. The Labute approximate surface area is 178 Å². The molecule has 4 aromatic rings. The topological polar surface area (TPSA) is 80.1 Å². The summed E-state index contributed by atoms with van der Waals surface area (Å²) in [6, 6.07) is 13.5. The van der Waals surface area contributed by atoms with Crippen LogP contribution in [-0.4, -0.2) is 16.6 Å². The molecule has 0 saturated heterocycles. The maximum Gasteiger partial charge on any atom is 0.417 e. The molecule has 0 amide bonds. The molecule has 2 N–H and O–H groups in total. The van der Waals surface area contributed by atoms with E-state index in [0.29, 0.717) is 11.1 Å². The average molecular weight is 424 g/mol. The fourth-order valence-electron chi connectivity index (χ4n) is 3.22. The van der Waals surface area contributed by atoms with Crippen molar-refractivity contribution >= 4 is 33.3 Å². The van der Waals surface area contributed by atoms with Gasteiger partial charge in [-0.2, -0.15) is 0 Å². The maximum atomic E-state index is 11.3. The maximum absolute atomic E-state index is 11.3. The van der Waals surface area contributed by atoms with Crippen LogP contribution in [-0.2, 0) is 0 Å². The fraction of sp³-hybridized carbons (Fsp3) is 0.304. The molecular weight excluding hydrogens is 398 g/mol. The minimum atomic E-state index is -0.452. The Kier molecular flexibility index (Phi) is 6.49. The van der Waals surface area contributed by atoms with E-state index in [9.17, 15) is 4.79 Å². The van der Waals surface area contributed by atoms with Gasteiger partial charge in [0.25, 0.3) is 0 Å². The molecule has 4 rings (SSSR count). The van der Waals surface area contributed by atoms with E-state index in [1.807, 2.05) is 47.8 Å². The molecule has 0 unspecified atom stereocenters. The van der Waals surface area contributed by atoms with Crippen LogP contribution in [0.15, 0.2) is 57.1 Å². The zero-order valence-corrected chi connectivity index (χ0v) is 17.8. The first-order valence-electron chi connectivity index (χ1n) is 10.3. The first-order valence-corrected chi connectivity index (χ1v) is 11.2. The van der Waals surface area contributed by atoms with Gasteiger partial charge >= 0.3 is 5.76 Å². The van der Waals surface area contributed by atoms with Crippen molar-refractivity contribution in [1.82, 2.24) is 9.97 Å². The number of fused-ring (bicyclic) bond motifs is 1. The summed E-state index contributed by atoms with van der Waals surface area (Å²) < 4.78 is 10.9. The average Bonchev–Trinajstić information content (AvgIpc) is 3.36. The number of hydrogen-bond acceptors (Lipinski definition) is 6. The van der Waals surface area contributed by atoms with Crippen molar-refractivity contribution in [3.05, 3.63) is 58.4 Å². The first kappa shape index (κ1) is 20.2. The minimum Gasteiger partial charge on any atom is -0.494 e. The molecule has 0 aliphatic rings. The van der Waals surface area contributed by atoms with Crippen molar-refractivity contribution < 1.29 is 9.15 Å². The van der Waals surface area contributed by atoms with Crippen molar-refractivity contribution in [3.63, 3.8) is 0 Å². The number of hydrogen-bond donors (Lipinski definition) is 2. The Hall–Kier alpha value is -3.06. The molecule has 0 bridgehead atoms. The van der Waals surface area contributed by atoms with Crippen molar-refractivity contribution in [2.75, 3.05) is 11.9 Å². The van der Waals surface area contributed by atoms with Crippen LogP contribution in [0.4, 0.5) is 10.8 Å². The number of aromatic amines is 1. The van der Waals surface area contributed by atoms with Gasteiger partial charge < -0.3 is 14.5 Å². The quantitative estimate of drug-likeness (QED) is 0.291. The van der Waals surface area contributed by atoms with Crippen molar-refractivity contribution in [2.45, 2.75) is 39.0 Å². The van der Waals surface area contributed by atoms with Crippen LogP contribution in [0.1, 0.15) is 39.0 Å². The number of unbranched alkanes of at least 4 members (excludes halogenated alkanes) is 4. The zero-order valence-electron chi connectivity index (χ0n) is 16.9. The normalized spacial score (nSPS) is 11.1. The minimum absolute atomic E-state index is 0.452. The van der Waals surface area contributed by atoms with Gasteiger partial charge in [0, 0.05) is 16.6 Å². The van der Waals surface area contributed by atoms with Crippen molar-refractivity contribution in [2.24, 2.45) is 0 Å². The Balaban J connectivity index is 1.33. The monoisotopic (exact) mass is 423 g/mol. The lowest BCUT2D eigenvalue weighted by Gasteiger charge is -2.07. The molecule has 30 heavy (non-hydrogen) atoms. The van der Waals surface area contributed by atoms with Crippen molar-refractivity contribution in [1.29, 1.82) is 0 Å². The number of aromatic nitrogens is 2. The lowest BCUT2D eigenvalue weighted by atomic mass is 10.1. The van der Waals surface area contributed by atoms with E-state index in [4.69, 9.17) is 9.15 Å². The lowest BCUT2D eigenvalue weighted by Crippen LogP contribution is -1.97. The van der Waals surface area contributed by atoms with Gasteiger partial charge in [0.2, 0.25) is 0 Å². The predicted molar refractivity (Wildman–Crippen MR) is 122 cm³/mol. The van der Waals surface area contributed by atoms with E-state index in [0.717, 1.165) is 40.9 Å². The number of H-pyrrole nitrogens is 1. The van der Waals surface area contributed by atoms with Crippen LogP contribution >= 0.6 is 11.3 Å². The van der Waals surface area contributed by atoms with E-state index in [1.54, 1.807) is 0 Å². The van der Waals surface area contributed by atoms with Crippen LogP contribution in [0.3, 0.4) is 0 Å². The summed E-state index contributed by atoms with van der Waals surface area (Å²) in [4.78, 5) is 18.6. The summed E-state index contributed by atoms with van der Waals surface area (Å²) in [5.74, 6) is 0.434. The summed E-state index contributed by atoms with van der Waals surface area (Å²) in [7, 11) is 0. The smallest absolute Gasteiger partial charge is 0.417 e. The van der Waals surface area contributed by atoms with Crippen LogP contribution < -0.4 is 15.8 Å². The summed E-state index contributed by atoms with van der Waals surface area (Å²) in [5.41, 5.74) is 3.90.